The van der Waals surface area contributed by atoms with E-state index in [2.05, 4.69) is 39.0 Å². The predicted molar refractivity (Wildman–Crippen MR) is 192 cm³/mol. The molecular weight excluding hydrogens is 628 g/mol. The fraction of sp³-hybridized carbons (Fsp3) is 0.667. The zero-order valence-corrected chi connectivity index (χ0v) is 29.5. The Hall–Kier alpha value is -3.35. The fourth-order valence-corrected chi connectivity index (χ4v) is 5.00. The van der Waals surface area contributed by atoms with Crippen molar-refractivity contribution in [1.82, 2.24) is 32.1 Å². The normalized spacial score (nSPS) is 13.3. The van der Waals surface area contributed by atoms with Crippen LogP contribution in [0.4, 0.5) is 0 Å². The molecule has 0 bridgehead atoms. The average molecular weight is 691 g/mol. The third-order valence-electron chi connectivity index (χ3n) is 7.92. The summed E-state index contributed by atoms with van der Waals surface area (Å²) in [6.45, 7) is 6.86. The third-order valence-corrected chi connectivity index (χ3v) is 7.92. The highest BCUT2D eigenvalue weighted by Gasteiger charge is 2.31. The standard InChI is InChI=1S/C33H62N12O4/c1-4-5-6-7-8-13-26(46)28(47)24(11-9-18-40-32(36)37)43-31(49)27(21(2)3)45-44-25(12-10-19-41-33(38)39)30(48)42-20-22-14-16-23(17-15-22)29(34)35/h14-17,21,24-25,27,32-33,40-41,44-45H,4-13,18-20,36-39H2,1-3H3,(H3,34,35)(H,42,48)(H,43,49)/t24-,25-,27-/m0/s1. The number of hydrogen-bond acceptors (Lipinski definition) is 13. The van der Waals surface area contributed by atoms with E-state index in [1.165, 1.54) is 0 Å². The van der Waals surface area contributed by atoms with E-state index in [0.717, 1.165) is 31.2 Å². The van der Waals surface area contributed by atoms with Gasteiger partial charge in [0, 0.05) is 18.5 Å². The zero-order chi connectivity index (χ0) is 36.8. The minimum absolute atomic E-state index is 0.0473. The number of carbonyl (C=O) groups excluding carboxylic acids is 4. The molecule has 17 N–H and O–H groups in total. The number of ketones is 2. The molecule has 0 aliphatic heterocycles. The Morgan fingerprint density at radius 2 is 1.33 bits per heavy atom. The molecule has 0 fully saturated rings. The fourth-order valence-electron chi connectivity index (χ4n) is 5.00. The van der Waals surface area contributed by atoms with Gasteiger partial charge in [0.25, 0.3) is 0 Å². The molecular formula is C33H62N12O4. The molecule has 49 heavy (non-hydrogen) atoms. The summed E-state index contributed by atoms with van der Waals surface area (Å²) >= 11 is 0. The van der Waals surface area contributed by atoms with E-state index < -0.39 is 48.2 Å². The van der Waals surface area contributed by atoms with Crippen molar-refractivity contribution in [2.24, 2.45) is 34.6 Å². The second kappa shape index (κ2) is 24.7. The quantitative estimate of drug-likeness (QED) is 0.0128. The molecule has 1 aromatic rings. The van der Waals surface area contributed by atoms with Crippen LogP contribution in [0.1, 0.15) is 96.1 Å². The van der Waals surface area contributed by atoms with Crippen molar-refractivity contribution in [2.75, 3.05) is 13.1 Å². The molecule has 0 saturated heterocycles. The van der Waals surface area contributed by atoms with Gasteiger partial charge in [-0.15, -0.1) is 0 Å². The summed E-state index contributed by atoms with van der Waals surface area (Å²) in [7, 11) is 0. The molecule has 278 valence electrons. The maximum Gasteiger partial charge on any atom is 0.239 e. The molecule has 1 aromatic carbocycles. The van der Waals surface area contributed by atoms with Gasteiger partial charge in [-0.2, -0.15) is 0 Å². The summed E-state index contributed by atoms with van der Waals surface area (Å²) in [5, 5.41) is 19.0. The number of nitrogens with one attached hydrogen (secondary N) is 7. The van der Waals surface area contributed by atoms with Gasteiger partial charge in [-0.25, -0.2) is 10.9 Å². The summed E-state index contributed by atoms with van der Waals surface area (Å²) in [5.41, 5.74) is 35.2. The van der Waals surface area contributed by atoms with Gasteiger partial charge < -0.3 is 39.3 Å². The number of benzene rings is 1. The molecule has 16 nitrogen and oxygen atoms in total. The van der Waals surface area contributed by atoms with Crippen LogP contribution < -0.4 is 60.8 Å². The monoisotopic (exact) mass is 691 g/mol. The minimum atomic E-state index is -1.02. The topological polar surface area (TPSA) is 294 Å². The number of nitrogen functional groups attached to an aromatic ring is 1. The summed E-state index contributed by atoms with van der Waals surface area (Å²) in [5.74, 6) is -2.23. The van der Waals surface area contributed by atoms with Crippen LogP contribution in [0.3, 0.4) is 0 Å². The lowest BCUT2D eigenvalue weighted by Crippen LogP contribution is -2.60. The molecule has 0 saturated carbocycles. The maximum absolute atomic E-state index is 13.6. The molecule has 2 amide bonds. The summed E-state index contributed by atoms with van der Waals surface area (Å²) in [4.78, 5) is 53.0. The van der Waals surface area contributed by atoms with Gasteiger partial charge in [-0.3, -0.25) is 35.2 Å². The molecule has 1 rings (SSSR count). The largest absolute Gasteiger partial charge is 0.384 e. The van der Waals surface area contributed by atoms with Crippen molar-refractivity contribution < 1.29 is 19.2 Å². The van der Waals surface area contributed by atoms with E-state index in [-0.39, 0.29) is 37.0 Å². The van der Waals surface area contributed by atoms with Crippen LogP contribution in [0, 0.1) is 11.3 Å². The van der Waals surface area contributed by atoms with E-state index in [4.69, 9.17) is 34.1 Å². The van der Waals surface area contributed by atoms with Crippen molar-refractivity contribution in [2.45, 2.75) is 122 Å². The van der Waals surface area contributed by atoms with Crippen LogP contribution in [0.15, 0.2) is 24.3 Å². The third kappa shape index (κ3) is 18.8. The first-order valence-electron chi connectivity index (χ1n) is 17.3. The first-order chi connectivity index (χ1) is 23.3. The smallest absolute Gasteiger partial charge is 0.239 e. The van der Waals surface area contributed by atoms with E-state index in [9.17, 15) is 19.2 Å². The van der Waals surface area contributed by atoms with Gasteiger partial charge in [0.05, 0.1) is 12.1 Å². The minimum Gasteiger partial charge on any atom is -0.384 e. The number of amidine groups is 1. The van der Waals surface area contributed by atoms with Gasteiger partial charge in [-0.05, 0) is 56.7 Å². The highest BCUT2D eigenvalue weighted by atomic mass is 16.2. The average Bonchev–Trinajstić information content (AvgIpc) is 3.05. The summed E-state index contributed by atoms with van der Waals surface area (Å²) < 4.78 is 0. The van der Waals surface area contributed by atoms with E-state index >= 15 is 0 Å². The van der Waals surface area contributed by atoms with Gasteiger partial charge in [0.2, 0.25) is 23.4 Å². The van der Waals surface area contributed by atoms with Crippen molar-refractivity contribution in [3.8, 4) is 0 Å². The van der Waals surface area contributed by atoms with Crippen LogP contribution in [-0.2, 0) is 25.7 Å². The van der Waals surface area contributed by atoms with Crippen LogP contribution >= 0.6 is 0 Å². The first-order valence-corrected chi connectivity index (χ1v) is 17.3. The maximum atomic E-state index is 13.6. The number of nitrogens with two attached hydrogens (primary N) is 5. The Kier molecular flexibility index (Phi) is 22.0. The number of hydrazine groups is 1. The van der Waals surface area contributed by atoms with E-state index in [0.29, 0.717) is 44.3 Å². The van der Waals surface area contributed by atoms with Crippen LogP contribution in [0.25, 0.3) is 0 Å². The van der Waals surface area contributed by atoms with Crippen molar-refractivity contribution in [1.29, 1.82) is 5.41 Å². The van der Waals surface area contributed by atoms with Crippen LogP contribution in [0.5, 0.6) is 0 Å². The number of carbonyl (C=O) groups is 4. The number of amides is 2. The summed E-state index contributed by atoms with van der Waals surface area (Å²) in [6.07, 6.45) is 4.93. The van der Waals surface area contributed by atoms with Gasteiger partial charge in [0.15, 0.2) is 0 Å². The Morgan fingerprint density at radius 1 is 0.755 bits per heavy atom. The SMILES string of the molecule is CCCCCCCC(=O)C(=O)[C@H](CCCNC(N)N)NC(=O)[C@@H](NN[C@@H](CCCNC(N)N)C(=O)NCc1ccc(C(=N)N)cc1)C(C)C. The predicted octanol–water partition coefficient (Wildman–Crippen LogP) is -0.801. The van der Waals surface area contributed by atoms with E-state index in [1.807, 2.05) is 13.8 Å². The van der Waals surface area contributed by atoms with Crippen molar-refractivity contribution in [3.63, 3.8) is 0 Å². The number of rotatable bonds is 28. The number of hydrogen-bond donors (Lipinski definition) is 12. The highest BCUT2D eigenvalue weighted by Crippen LogP contribution is 2.10. The Labute approximate surface area is 291 Å². The van der Waals surface area contributed by atoms with Crippen LogP contribution in [-0.4, -0.2) is 73.0 Å². The molecule has 16 heteroatoms. The lowest BCUT2D eigenvalue weighted by atomic mass is 9.97. The molecule has 3 atom stereocenters. The van der Waals surface area contributed by atoms with Gasteiger partial charge in [0.1, 0.15) is 24.5 Å². The zero-order valence-electron chi connectivity index (χ0n) is 29.5. The molecule has 0 spiro atoms. The first kappa shape index (κ1) is 43.7. The summed E-state index contributed by atoms with van der Waals surface area (Å²) in [6, 6.07) is 4.35. The number of Topliss-reactive ketones (excluding diaryl/α,β-unsaturated/α-hetero) is 2. The van der Waals surface area contributed by atoms with Gasteiger partial charge >= 0.3 is 0 Å². The molecule has 0 radical (unpaired) electrons. The molecule has 0 aliphatic carbocycles. The Morgan fingerprint density at radius 3 is 1.86 bits per heavy atom. The second-order valence-corrected chi connectivity index (χ2v) is 12.6. The lowest BCUT2D eigenvalue weighted by Gasteiger charge is -2.28. The van der Waals surface area contributed by atoms with E-state index in [1.54, 1.807) is 24.3 Å². The second-order valence-electron chi connectivity index (χ2n) is 12.6. The van der Waals surface area contributed by atoms with Crippen molar-refractivity contribution >= 4 is 29.2 Å². The van der Waals surface area contributed by atoms with Crippen molar-refractivity contribution in [3.05, 3.63) is 35.4 Å². The molecule has 0 aliphatic rings. The molecule has 0 aromatic heterocycles. The lowest BCUT2D eigenvalue weighted by molar-refractivity contribution is -0.139. The Bertz CT molecular complexity index is 1150. The van der Waals surface area contributed by atoms with Gasteiger partial charge in [-0.1, -0.05) is 70.7 Å². The number of unbranched alkanes of at least 4 members (excludes halogenated alkanes) is 4. The molecule has 0 heterocycles. The Balaban J connectivity index is 2.99. The molecule has 0 unspecified atom stereocenters. The highest BCUT2D eigenvalue weighted by molar-refractivity contribution is 6.39. The van der Waals surface area contributed by atoms with Crippen LogP contribution in [0.2, 0.25) is 0 Å².